The summed E-state index contributed by atoms with van der Waals surface area (Å²) in [6.07, 6.45) is -0.398. The molecule has 16 heteroatoms. The lowest BCUT2D eigenvalue weighted by atomic mass is 10.1. The third-order valence-corrected chi connectivity index (χ3v) is 5.11. The Morgan fingerprint density at radius 2 is 1.64 bits per heavy atom. The Bertz CT molecular complexity index is 1460. The predicted molar refractivity (Wildman–Crippen MR) is 131 cm³/mol. The molecule has 4 rings (SSSR count). The van der Waals surface area contributed by atoms with E-state index in [4.69, 9.17) is 24.5 Å². The summed E-state index contributed by atoms with van der Waals surface area (Å²) in [4.78, 5) is 34.6. The summed E-state index contributed by atoms with van der Waals surface area (Å²) in [6.45, 7) is 0.510. The summed E-state index contributed by atoms with van der Waals surface area (Å²) < 4.78 is 72.6. The van der Waals surface area contributed by atoms with Crippen molar-refractivity contribution >= 4 is 23.4 Å². The molecular weight excluding hydrogens is 578 g/mol. The lowest BCUT2D eigenvalue weighted by molar-refractivity contribution is -0.594. The highest BCUT2D eigenvalue weighted by Crippen LogP contribution is 2.17. The molecule has 3 heterocycles. The summed E-state index contributed by atoms with van der Waals surface area (Å²) in [7, 11) is 1.65. The van der Waals surface area contributed by atoms with E-state index >= 15 is 0 Å². The van der Waals surface area contributed by atoms with Gasteiger partial charge in [-0.1, -0.05) is 24.3 Å². The zero-order valence-electron chi connectivity index (χ0n) is 21.5. The highest BCUT2D eigenvalue weighted by molar-refractivity contribution is 5.96. The number of methoxy groups -OCH3 is 1. The van der Waals surface area contributed by atoms with Crippen LogP contribution < -0.4 is 19.7 Å². The summed E-state index contributed by atoms with van der Waals surface area (Å²) in [5.41, 5.74) is 3.42. The van der Waals surface area contributed by atoms with Gasteiger partial charge < -0.3 is 25.1 Å². The standard InChI is InChI=1S/C22H20N4O2.2C2HF3O2/c1-28-21-8-3-2-6-17(21)9-12-24-22(27)19-14-23-11-10-20(19)26-15-18-7-4-5-13-25(18)16-26;2*3-2(4,5)1(6)7/h2-8,10-11,13-16H,9,12H2,1H3;2*(H,6,7). The van der Waals surface area contributed by atoms with Crippen LogP contribution in [0, 0.1) is 0 Å². The molecule has 0 spiro atoms. The van der Waals surface area contributed by atoms with Crippen molar-refractivity contribution in [2.45, 2.75) is 18.8 Å². The number of para-hydroxylation sites is 1. The number of nitrogens with zero attached hydrogens (tertiary/aromatic N) is 3. The number of benzene rings is 1. The molecule has 1 aromatic carbocycles. The van der Waals surface area contributed by atoms with Crippen LogP contribution >= 0.6 is 0 Å². The average molecular weight is 600 g/mol. The second-order valence-corrected chi connectivity index (χ2v) is 7.98. The van der Waals surface area contributed by atoms with Crippen LogP contribution in [0.15, 0.2) is 79.6 Å². The number of halogens is 6. The second kappa shape index (κ2) is 14.5. The molecule has 0 saturated heterocycles. The van der Waals surface area contributed by atoms with E-state index in [-0.39, 0.29) is 5.91 Å². The largest absolute Gasteiger partial charge is 0.542 e. The van der Waals surface area contributed by atoms with E-state index in [2.05, 4.69) is 10.3 Å². The Morgan fingerprint density at radius 3 is 2.21 bits per heavy atom. The van der Waals surface area contributed by atoms with Crippen LogP contribution in [0.1, 0.15) is 15.9 Å². The quantitative estimate of drug-likeness (QED) is 0.256. The number of carboxylic acid groups (broad SMARTS) is 2. The van der Waals surface area contributed by atoms with E-state index < -0.39 is 24.3 Å². The van der Waals surface area contributed by atoms with Gasteiger partial charge in [0.1, 0.15) is 29.2 Å². The van der Waals surface area contributed by atoms with Crippen molar-refractivity contribution in [1.82, 2.24) is 14.7 Å². The van der Waals surface area contributed by atoms with E-state index in [0.717, 1.165) is 22.5 Å². The van der Waals surface area contributed by atoms with E-state index in [1.165, 1.54) is 0 Å². The van der Waals surface area contributed by atoms with E-state index in [1.807, 2.05) is 76.2 Å². The Balaban J connectivity index is 0.000000367. The fourth-order valence-corrected chi connectivity index (χ4v) is 3.23. The molecule has 0 aliphatic carbocycles. The summed E-state index contributed by atoms with van der Waals surface area (Å²) >= 11 is 0. The first-order valence-corrected chi connectivity index (χ1v) is 11.6. The number of amides is 1. The number of nitrogens with one attached hydrogen (secondary N) is 1. The monoisotopic (exact) mass is 600 g/mol. The number of imidazole rings is 1. The van der Waals surface area contributed by atoms with Gasteiger partial charge in [-0.05, 0) is 30.2 Å². The Hall–Kier alpha value is -5.15. The van der Waals surface area contributed by atoms with Crippen LogP contribution in [0.5, 0.6) is 5.75 Å². The van der Waals surface area contributed by atoms with Crippen molar-refractivity contribution in [3.8, 4) is 11.4 Å². The maximum atomic E-state index is 12.8. The van der Waals surface area contributed by atoms with Crippen LogP contribution in [-0.4, -0.2) is 58.3 Å². The van der Waals surface area contributed by atoms with Gasteiger partial charge in [0, 0.05) is 25.0 Å². The molecule has 0 aliphatic heterocycles. The molecule has 3 aromatic heterocycles. The molecule has 224 valence electrons. The number of alkyl halides is 6. The van der Waals surface area contributed by atoms with Crippen molar-refractivity contribution in [2.75, 3.05) is 13.7 Å². The molecule has 0 atom stereocenters. The van der Waals surface area contributed by atoms with Gasteiger partial charge in [-0.3, -0.25) is 9.78 Å². The minimum absolute atomic E-state index is 0.152. The average Bonchev–Trinajstić information content (AvgIpc) is 3.37. The number of rotatable bonds is 6. The highest BCUT2D eigenvalue weighted by Gasteiger charge is 2.38. The number of carbonyl (C=O) groups is 3. The Kier molecular flexibility index (Phi) is 11.4. The minimum atomic E-state index is -5.19. The summed E-state index contributed by atoms with van der Waals surface area (Å²) in [5.74, 6) is -5.09. The van der Waals surface area contributed by atoms with Gasteiger partial charge in [0.15, 0.2) is 5.52 Å². The second-order valence-electron chi connectivity index (χ2n) is 7.98. The Labute approximate surface area is 233 Å². The van der Waals surface area contributed by atoms with Crippen molar-refractivity contribution in [1.29, 1.82) is 0 Å². The van der Waals surface area contributed by atoms with Crippen molar-refractivity contribution in [3.63, 3.8) is 0 Å². The van der Waals surface area contributed by atoms with Crippen LogP contribution in [0.3, 0.4) is 0 Å². The van der Waals surface area contributed by atoms with Crippen molar-refractivity contribution in [3.05, 3.63) is 90.8 Å². The number of carboxylic acids is 2. The van der Waals surface area contributed by atoms with Crippen LogP contribution in [-0.2, 0) is 16.0 Å². The molecule has 1 amide bonds. The molecular formula is C26H22F6N4O6. The number of pyridine rings is 2. The maximum absolute atomic E-state index is 12.8. The van der Waals surface area contributed by atoms with E-state index in [1.54, 1.807) is 19.5 Å². The van der Waals surface area contributed by atoms with Crippen molar-refractivity contribution < 1.29 is 60.2 Å². The lowest BCUT2D eigenvalue weighted by Crippen LogP contribution is -2.37. The van der Waals surface area contributed by atoms with Crippen LogP contribution in [0.25, 0.3) is 11.2 Å². The smallest absolute Gasteiger partial charge is 0.490 e. The molecule has 4 aromatic rings. The first kappa shape index (κ1) is 33.1. The number of aliphatic carboxylic acids is 2. The van der Waals surface area contributed by atoms with Crippen LogP contribution in [0.4, 0.5) is 26.3 Å². The number of hydrogen-bond acceptors (Lipinski definition) is 6. The number of carbonyl (C=O) groups excluding carboxylic acids is 2. The lowest BCUT2D eigenvalue weighted by Gasteiger charge is -2.10. The number of fused-ring (bicyclic) bond motifs is 1. The third-order valence-electron chi connectivity index (χ3n) is 5.11. The predicted octanol–water partition coefficient (Wildman–Crippen LogP) is 2.52. The highest BCUT2D eigenvalue weighted by atomic mass is 19.4. The molecule has 0 fully saturated rings. The third kappa shape index (κ3) is 9.79. The SMILES string of the molecule is COc1ccccc1CCNC(=O)c1cnccc1-[n+]1cc2ccccn2c1.O=C(O)C(F)(F)F.O=C([O-])C(F)(F)F. The van der Waals surface area contributed by atoms with Gasteiger partial charge in [0.05, 0.1) is 13.3 Å². The maximum Gasteiger partial charge on any atom is 0.490 e. The minimum Gasteiger partial charge on any atom is -0.542 e. The first-order chi connectivity index (χ1) is 19.6. The Morgan fingerprint density at radius 1 is 1.02 bits per heavy atom. The molecule has 0 aliphatic rings. The molecule has 0 radical (unpaired) electrons. The van der Waals surface area contributed by atoms with Gasteiger partial charge in [-0.2, -0.15) is 26.3 Å². The number of ether oxygens (including phenoxy) is 1. The normalized spacial score (nSPS) is 10.9. The molecule has 2 N–H and O–H groups in total. The molecule has 0 saturated carbocycles. The summed E-state index contributed by atoms with van der Waals surface area (Å²) in [5, 5.41) is 18.9. The molecule has 10 nitrogen and oxygen atoms in total. The van der Waals surface area contributed by atoms with Gasteiger partial charge >= 0.3 is 18.3 Å². The fraction of sp³-hybridized carbons (Fsp3) is 0.192. The van der Waals surface area contributed by atoms with Gasteiger partial charge in [-0.15, -0.1) is 0 Å². The van der Waals surface area contributed by atoms with Gasteiger partial charge in [-0.25, -0.2) is 13.8 Å². The van der Waals surface area contributed by atoms with E-state index in [0.29, 0.717) is 18.5 Å². The fourth-order valence-electron chi connectivity index (χ4n) is 3.23. The zero-order chi connectivity index (χ0) is 31.5. The van der Waals surface area contributed by atoms with E-state index in [9.17, 15) is 31.1 Å². The molecule has 0 unspecified atom stereocenters. The first-order valence-electron chi connectivity index (χ1n) is 11.6. The van der Waals surface area contributed by atoms with Crippen LogP contribution in [0.2, 0.25) is 0 Å². The number of hydrogen-bond donors (Lipinski definition) is 2. The topological polar surface area (TPSA) is 137 Å². The summed E-state index contributed by atoms with van der Waals surface area (Å²) in [6, 6.07) is 15.6. The van der Waals surface area contributed by atoms with Gasteiger partial charge in [0.25, 0.3) is 12.2 Å². The molecule has 42 heavy (non-hydrogen) atoms. The van der Waals surface area contributed by atoms with Crippen molar-refractivity contribution in [2.24, 2.45) is 0 Å². The zero-order valence-corrected chi connectivity index (χ0v) is 21.5. The van der Waals surface area contributed by atoms with Gasteiger partial charge in [0.2, 0.25) is 0 Å². The number of aromatic nitrogens is 3. The molecule has 0 bridgehead atoms.